The molecule has 1 fully saturated rings. The molecule has 0 unspecified atom stereocenters. The molecule has 1 amide bonds. The van der Waals surface area contributed by atoms with Gasteiger partial charge < -0.3 is 5.32 Å². The SMILES string of the molecule is Cc1ccc(NC(=O)C2(c3cccc(Cl)c3)CC2)c(Br)c1. The number of carbonyl (C=O) groups excluding carboxylic acids is 1. The Morgan fingerprint density at radius 3 is 2.62 bits per heavy atom. The minimum atomic E-state index is -0.421. The largest absolute Gasteiger partial charge is 0.324 e. The summed E-state index contributed by atoms with van der Waals surface area (Å²) in [4.78, 5) is 12.7. The maximum atomic E-state index is 12.7. The van der Waals surface area contributed by atoms with E-state index >= 15 is 0 Å². The van der Waals surface area contributed by atoms with Crippen LogP contribution in [0.25, 0.3) is 0 Å². The van der Waals surface area contributed by atoms with Crippen LogP contribution in [0.1, 0.15) is 24.0 Å². The highest BCUT2D eigenvalue weighted by Gasteiger charge is 2.51. The van der Waals surface area contributed by atoms with E-state index in [9.17, 15) is 4.79 Å². The minimum Gasteiger partial charge on any atom is -0.324 e. The van der Waals surface area contributed by atoms with Crippen molar-refractivity contribution < 1.29 is 4.79 Å². The summed E-state index contributed by atoms with van der Waals surface area (Å²) in [5, 5.41) is 3.70. The van der Waals surface area contributed by atoms with Crippen LogP contribution >= 0.6 is 27.5 Å². The molecule has 1 aliphatic carbocycles. The average molecular weight is 365 g/mol. The van der Waals surface area contributed by atoms with Crippen LogP contribution in [-0.2, 0) is 10.2 Å². The smallest absolute Gasteiger partial charge is 0.235 e. The summed E-state index contributed by atoms with van der Waals surface area (Å²) in [6, 6.07) is 13.5. The number of hydrogen-bond acceptors (Lipinski definition) is 1. The Balaban J connectivity index is 1.85. The molecule has 2 nitrogen and oxygen atoms in total. The molecule has 0 aromatic heterocycles. The van der Waals surface area contributed by atoms with E-state index in [1.54, 1.807) is 0 Å². The third-order valence-electron chi connectivity index (χ3n) is 3.93. The van der Waals surface area contributed by atoms with Gasteiger partial charge in [-0.2, -0.15) is 0 Å². The van der Waals surface area contributed by atoms with Gasteiger partial charge in [-0.05, 0) is 71.1 Å². The predicted octanol–water partition coefficient (Wildman–Crippen LogP) is 5.08. The maximum Gasteiger partial charge on any atom is 0.235 e. The van der Waals surface area contributed by atoms with Crippen LogP contribution in [-0.4, -0.2) is 5.91 Å². The first-order chi connectivity index (χ1) is 10.0. The van der Waals surface area contributed by atoms with Crippen molar-refractivity contribution >= 4 is 39.1 Å². The van der Waals surface area contributed by atoms with Crippen LogP contribution in [0.2, 0.25) is 5.02 Å². The molecule has 4 heteroatoms. The van der Waals surface area contributed by atoms with Gasteiger partial charge in [0, 0.05) is 9.50 Å². The first-order valence-electron chi connectivity index (χ1n) is 6.85. The van der Waals surface area contributed by atoms with Crippen molar-refractivity contribution in [3.8, 4) is 0 Å². The molecule has 0 saturated heterocycles. The number of carbonyl (C=O) groups is 1. The van der Waals surface area contributed by atoms with E-state index < -0.39 is 5.41 Å². The fourth-order valence-electron chi connectivity index (χ4n) is 2.52. The topological polar surface area (TPSA) is 29.1 Å². The van der Waals surface area contributed by atoms with Crippen LogP contribution in [0.3, 0.4) is 0 Å². The summed E-state index contributed by atoms with van der Waals surface area (Å²) in [6.45, 7) is 2.02. The van der Waals surface area contributed by atoms with E-state index in [4.69, 9.17) is 11.6 Å². The Kier molecular flexibility index (Phi) is 3.80. The van der Waals surface area contributed by atoms with Gasteiger partial charge in [0.2, 0.25) is 5.91 Å². The Morgan fingerprint density at radius 1 is 1.24 bits per heavy atom. The molecule has 108 valence electrons. The number of amides is 1. The van der Waals surface area contributed by atoms with Crippen LogP contribution in [0.5, 0.6) is 0 Å². The van der Waals surface area contributed by atoms with Crippen LogP contribution in [0, 0.1) is 6.92 Å². The summed E-state index contributed by atoms with van der Waals surface area (Å²) < 4.78 is 0.901. The monoisotopic (exact) mass is 363 g/mol. The summed E-state index contributed by atoms with van der Waals surface area (Å²) in [5.41, 5.74) is 2.53. The summed E-state index contributed by atoms with van der Waals surface area (Å²) >= 11 is 9.54. The van der Waals surface area contributed by atoms with Crippen molar-refractivity contribution in [1.29, 1.82) is 0 Å². The molecule has 3 rings (SSSR count). The minimum absolute atomic E-state index is 0.0364. The van der Waals surface area contributed by atoms with Crippen molar-refractivity contribution in [2.75, 3.05) is 5.32 Å². The third-order valence-corrected chi connectivity index (χ3v) is 4.83. The second kappa shape index (κ2) is 5.47. The second-order valence-corrected chi connectivity index (χ2v) is 6.82. The van der Waals surface area contributed by atoms with E-state index in [1.165, 1.54) is 0 Å². The van der Waals surface area contributed by atoms with Crippen LogP contribution < -0.4 is 5.32 Å². The molecule has 0 aliphatic heterocycles. The van der Waals surface area contributed by atoms with Crippen molar-refractivity contribution in [1.82, 2.24) is 0 Å². The van der Waals surface area contributed by atoms with Gasteiger partial charge in [0.05, 0.1) is 11.1 Å². The van der Waals surface area contributed by atoms with Crippen molar-refractivity contribution in [2.45, 2.75) is 25.2 Å². The fourth-order valence-corrected chi connectivity index (χ4v) is 3.30. The van der Waals surface area contributed by atoms with E-state index in [0.717, 1.165) is 34.1 Å². The van der Waals surface area contributed by atoms with Crippen LogP contribution in [0.15, 0.2) is 46.9 Å². The highest BCUT2D eigenvalue weighted by atomic mass is 79.9. The van der Waals surface area contributed by atoms with Gasteiger partial charge in [-0.25, -0.2) is 0 Å². The number of halogens is 2. The fraction of sp³-hybridized carbons (Fsp3) is 0.235. The van der Waals surface area contributed by atoms with E-state index in [0.29, 0.717) is 5.02 Å². The lowest BCUT2D eigenvalue weighted by atomic mass is 9.95. The molecule has 21 heavy (non-hydrogen) atoms. The molecule has 0 radical (unpaired) electrons. The van der Waals surface area contributed by atoms with Crippen molar-refractivity contribution in [3.63, 3.8) is 0 Å². The lowest BCUT2D eigenvalue weighted by Crippen LogP contribution is -2.27. The molecule has 0 atom stereocenters. The maximum absolute atomic E-state index is 12.7. The molecule has 0 bridgehead atoms. The molecule has 1 aliphatic rings. The van der Waals surface area contributed by atoms with Gasteiger partial charge >= 0.3 is 0 Å². The average Bonchev–Trinajstić information content (AvgIpc) is 3.23. The molecule has 0 heterocycles. The van der Waals surface area contributed by atoms with Crippen molar-refractivity contribution in [2.24, 2.45) is 0 Å². The van der Waals surface area contributed by atoms with E-state index in [1.807, 2.05) is 49.4 Å². The zero-order valence-corrected chi connectivity index (χ0v) is 14.0. The number of anilines is 1. The lowest BCUT2D eigenvalue weighted by Gasteiger charge is -2.17. The van der Waals surface area contributed by atoms with Gasteiger partial charge in [0.25, 0.3) is 0 Å². The summed E-state index contributed by atoms with van der Waals surface area (Å²) in [5.74, 6) is 0.0364. The van der Waals surface area contributed by atoms with Gasteiger partial charge in [-0.1, -0.05) is 29.8 Å². The molecule has 2 aromatic carbocycles. The third kappa shape index (κ3) is 2.85. The number of hydrogen-bond donors (Lipinski definition) is 1. The highest BCUT2D eigenvalue weighted by molar-refractivity contribution is 9.10. The van der Waals surface area contributed by atoms with Gasteiger partial charge in [0.15, 0.2) is 0 Å². The number of rotatable bonds is 3. The molecular weight excluding hydrogens is 350 g/mol. The molecular formula is C17H15BrClNO. The van der Waals surface area contributed by atoms with Gasteiger partial charge in [-0.15, -0.1) is 0 Å². The highest BCUT2D eigenvalue weighted by Crippen LogP contribution is 2.49. The predicted molar refractivity (Wildman–Crippen MR) is 89.9 cm³/mol. The normalized spacial score (nSPS) is 15.6. The Labute approximate surface area is 137 Å². The van der Waals surface area contributed by atoms with E-state index in [2.05, 4.69) is 21.2 Å². The van der Waals surface area contributed by atoms with Gasteiger partial charge in [0.1, 0.15) is 0 Å². The number of aryl methyl sites for hydroxylation is 1. The first kappa shape index (κ1) is 14.6. The van der Waals surface area contributed by atoms with Crippen molar-refractivity contribution in [3.05, 3.63) is 63.1 Å². The first-order valence-corrected chi connectivity index (χ1v) is 8.02. The standard InChI is InChI=1S/C17H15BrClNO/c1-11-5-6-15(14(18)9-11)20-16(21)17(7-8-17)12-3-2-4-13(19)10-12/h2-6,9-10H,7-8H2,1H3,(H,20,21). The summed E-state index contributed by atoms with van der Waals surface area (Å²) in [7, 11) is 0. The quantitative estimate of drug-likeness (QED) is 0.808. The van der Waals surface area contributed by atoms with Gasteiger partial charge in [-0.3, -0.25) is 4.79 Å². The molecule has 1 N–H and O–H groups in total. The molecule has 2 aromatic rings. The lowest BCUT2D eigenvalue weighted by molar-refractivity contribution is -0.118. The van der Waals surface area contributed by atoms with E-state index in [-0.39, 0.29) is 5.91 Å². The Morgan fingerprint density at radius 2 is 2.00 bits per heavy atom. The molecule has 1 saturated carbocycles. The van der Waals surface area contributed by atoms with Crippen LogP contribution in [0.4, 0.5) is 5.69 Å². The zero-order chi connectivity index (χ0) is 15.0. The Hall–Kier alpha value is -1.32. The summed E-state index contributed by atoms with van der Waals surface area (Å²) in [6.07, 6.45) is 1.73. The second-order valence-electron chi connectivity index (χ2n) is 5.53. The molecule has 0 spiro atoms. The number of benzene rings is 2. The zero-order valence-electron chi connectivity index (χ0n) is 11.6. The Bertz CT molecular complexity index is 710. The number of nitrogens with one attached hydrogen (secondary N) is 1.